The highest BCUT2D eigenvalue weighted by molar-refractivity contribution is 7.15. The molecule has 0 aliphatic carbocycles. The van der Waals surface area contributed by atoms with Crippen LogP contribution in [-0.4, -0.2) is 9.97 Å². The topological polar surface area (TPSA) is 75.6 Å². The van der Waals surface area contributed by atoms with Gasteiger partial charge in [0.25, 0.3) is 0 Å². The van der Waals surface area contributed by atoms with Gasteiger partial charge in [-0.2, -0.15) is 18.4 Å². The number of hydrogen-bond donors (Lipinski definition) is 1. The van der Waals surface area contributed by atoms with E-state index in [1.807, 2.05) is 6.07 Å². The second-order valence-corrected chi connectivity index (χ2v) is 5.68. The van der Waals surface area contributed by atoms with E-state index in [1.54, 1.807) is 13.8 Å². The standard InChI is InChI=1S/C14H11F3N4S/c1-7(6-18)11(19)12-8(2)22-13(21-12)9-4-3-5-10(20-9)14(15,16)17/h3-5H,19H2,1-2H3/b11-7+. The maximum Gasteiger partial charge on any atom is 0.433 e. The van der Waals surface area contributed by atoms with Crippen LogP contribution in [0.25, 0.3) is 16.4 Å². The van der Waals surface area contributed by atoms with Crippen molar-refractivity contribution in [3.8, 4) is 16.8 Å². The smallest absolute Gasteiger partial charge is 0.396 e. The van der Waals surface area contributed by atoms with Gasteiger partial charge in [0.2, 0.25) is 0 Å². The lowest BCUT2D eigenvalue weighted by molar-refractivity contribution is -0.141. The number of nitriles is 1. The Kier molecular flexibility index (Phi) is 4.19. The molecule has 22 heavy (non-hydrogen) atoms. The fourth-order valence-electron chi connectivity index (χ4n) is 1.71. The summed E-state index contributed by atoms with van der Waals surface area (Å²) in [5, 5.41) is 9.18. The van der Waals surface area contributed by atoms with Gasteiger partial charge in [0, 0.05) is 4.88 Å². The fraction of sp³-hybridized carbons (Fsp3) is 0.214. The molecule has 4 nitrogen and oxygen atoms in total. The lowest BCUT2D eigenvalue weighted by Crippen LogP contribution is -2.08. The summed E-state index contributed by atoms with van der Waals surface area (Å²) in [6.45, 7) is 3.29. The second-order valence-electron chi connectivity index (χ2n) is 4.48. The van der Waals surface area contributed by atoms with Gasteiger partial charge in [0.05, 0.1) is 23.0 Å². The van der Waals surface area contributed by atoms with Crippen LogP contribution in [0, 0.1) is 18.3 Å². The Labute approximate surface area is 128 Å². The molecule has 0 unspecified atom stereocenters. The molecule has 8 heteroatoms. The van der Waals surface area contributed by atoms with Crippen LogP contribution in [0.15, 0.2) is 23.8 Å². The van der Waals surface area contributed by atoms with Crippen molar-refractivity contribution in [2.75, 3.05) is 0 Å². The van der Waals surface area contributed by atoms with Gasteiger partial charge in [0.1, 0.15) is 16.4 Å². The molecule has 0 radical (unpaired) electrons. The number of allylic oxidation sites excluding steroid dienone is 1. The van der Waals surface area contributed by atoms with E-state index >= 15 is 0 Å². The number of aryl methyl sites for hydroxylation is 1. The van der Waals surface area contributed by atoms with Crippen molar-refractivity contribution in [3.05, 3.63) is 40.0 Å². The van der Waals surface area contributed by atoms with Gasteiger partial charge in [-0.15, -0.1) is 11.3 Å². The summed E-state index contributed by atoms with van der Waals surface area (Å²) in [4.78, 5) is 8.53. The minimum Gasteiger partial charge on any atom is -0.396 e. The lowest BCUT2D eigenvalue weighted by Gasteiger charge is -2.06. The van der Waals surface area contributed by atoms with Crippen LogP contribution in [0.5, 0.6) is 0 Å². The third kappa shape index (κ3) is 3.09. The van der Waals surface area contributed by atoms with Crippen LogP contribution in [0.1, 0.15) is 23.2 Å². The minimum absolute atomic E-state index is 0.122. The molecule has 0 amide bonds. The molecular formula is C14H11F3N4S. The van der Waals surface area contributed by atoms with Crippen molar-refractivity contribution < 1.29 is 13.2 Å². The Morgan fingerprint density at radius 1 is 1.32 bits per heavy atom. The first kappa shape index (κ1) is 16.0. The summed E-state index contributed by atoms with van der Waals surface area (Å²) in [5.74, 6) is 0. The molecule has 0 saturated heterocycles. The Hall–Kier alpha value is -2.40. The van der Waals surface area contributed by atoms with E-state index in [2.05, 4.69) is 9.97 Å². The number of nitrogens with zero attached hydrogens (tertiary/aromatic N) is 3. The molecule has 2 rings (SSSR count). The highest BCUT2D eigenvalue weighted by Gasteiger charge is 2.32. The molecule has 2 aromatic rings. The number of rotatable bonds is 2. The zero-order valence-electron chi connectivity index (χ0n) is 11.7. The monoisotopic (exact) mass is 324 g/mol. The first-order chi connectivity index (χ1) is 10.2. The van der Waals surface area contributed by atoms with E-state index in [0.29, 0.717) is 21.2 Å². The minimum atomic E-state index is -4.51. The largest absolute Gasteiger partial charge is 0.433 e. The van der Waals surface area contributed by atoms with Gasteiger partial charge in [-0.05, 0) is 26.0 Å². The highest BCUT2D eigenvalue weighted by atomic mass is 32.1. The van der Waals surface area contributed by atoms with Gasteiger partial charge in [-0.1, -0.05) is 6.07 Å². The number of thiazole rings is 1. The normalized spacial score (nSPS) is 12.7. The van der Waals surface area contributed by atoms with Crippen molar-refractivity contribution in [1.82, 2.24) is 9.97 Å². The van der Waals surface area contributed by atoms with E-state index in [9.17, 15) is 13.2 Å². The highest BCUT2D eigenvalue weighted by Crippen LogP contribution is 2.32. The summed E-state index contributed by atoms with van der Waals surface area (Å²) in [6.07, 6.45) is -4.51. The number of halogens is 3. The molecule has 2 aromatic heterocycles. The molecule has 0 saturated carbocycles. The van der Waals surface area contributed by atoms with E-state index < -0.39 is 11.9 Å². The van der Waals surface area contributed by atoms with Crippen molar-refractivity contribution in [3.63, 3.8) is 0 Å². The summed E-state index contributed by atoms with van der Waals surface area (Å²) in [5.41, 5.74) is 5.91. The summed E-state index contributed by atoms with van der Waals surface area (Å²) in [6, 6.07) is 5.56. The van der Waals surface area contributed by atoms with E-state index in [-0.39, 0.29) is 11.4 Å². The van der Waals surface area contributed by atoms with Crippen LogP contribution in [0.3, 0.4) is 0 Å². The molecule has 0 aromatic carbocycles. The van der Waals surface area contributed by atoms with E-state index in [0.717, 1.165) is 6.07 Å². The van der Waals surface area contributed by atoms with Gasteiger partial charge in [0.15, 0.2) is 0 Å². The van der Waals surface area contributed by atoms with Crippen LogP contribution in [0.2, 0.25) is 0 Å². The molecule has 0 aliphatic rings. The van der Waals surface area contributed by atoms with Gasteiger partial charge in [-0.3, -0.25) is 0 Å². The van der Waals surface area contributed by atoms with Crippen LogP contribution < -0.4 is 5.73 Å². The Bertz CT molecular complexity index is 784. The van der Waals surface area contributed by atoms with Crippen molar-refractivity contribution in [2.45, 2.75) is 20.0 Å². The molecular weight excluding hydrogens is 313 g/mol. The Morgan fingerprint density at radius 2 is 2.00 bits per heavy atom. The van der Waals surface area contributed by atoms with Crippen molar-refractivity contribution >= 4 is 17.0 Å². The van der Waals surface area contributed by atoms with Crippen LogP contribution in [0.4, 0.5) is 13.2 Å². The SMILES string of the molecule is C/C(C#N)=C(\N)c1nc(-c2cccc(C(F)(F)F)n2)sc1C. The molecule has 2 N–H and O–H groups in total. The predicted octanol–water partition coefficient (Wildman–Crippen LogP) is 3.75. The number of nitrogens with two attached hydrogens (primary N) is 1. The Balaban J connectivity index is 2.51. The summed E-state index contributed by atoms with van der Waals surface area (Å²) >= 11 is 1.18. The van der Waals surface area contributed by atoms with Crippen molar-refractivity contribution in [1.29, 1.82) is 5.26 Å². The fourth-order valence-corrected chi connectivity index (χ4v) is 2.60. The molecule has 0 aliphatic heterocycles. The quantitative estimate of drug-likeness (QED) is 0.854. The van der Waals surface area contributed by atoms with Crippen LogP contribution in [-0.2, 0) is 6.18 Å². The first-order valence-corrected chi connectivity index (χ1v) is 6.94. The number of aromatic nitrogens is 2. The summed E-state index contributed by atoms with van der Waals surface area (Å²) in [7, 11) is 0. The average Bonchev–Trinajstić information content (AvgIpc) is 2.87. The maximum atomic E-state index is 12.7. The molecule has 0 atom stereocenters. The summed E-state index contributed by atoms with van der Waals surface area (Å²) < 4.78 is 38.1. The average molecular weight is 324 g/mol. The second kappa shape index (κ2) is 5.77. The van der Waals surface area contributed by atoms with Gasteiger partial charge in [-0.25, -0.2) is 9.97 Å². The van der Waals surface area contributed by atoms with Gasteiger partial charge < -0.3 is 5.73 Å². The predicted molar refractivity (Wildman–Crippen MR) is 77.5 cm³/mol. The zero-order valence-corrected chi connectivity index (χ0v) is 12.5. The van der Waals surface area contributed by atoms with Crippen LogP contribution >= 0.6 is 11.3 Å². The van der Waals surface area contributed by atoms with Crippen molar-refractivity contribution in [2.24, 2.45) is 5.73 Å². The number of alkyl halides is 3. The molecule has 0 spiro atoms. The molecule has 0 bridgehead atoms. The molecule has 2 heterocycles. The number of pyridine rings is 1. The van der Waals surface area contributed by atoms with E-state index in [1.165, 1.54) is 23.5 Å². The Morgan fingerprint density at radius 3 is 2.59 bits per heavy atom. The molecule has 114 valence electrons. The third-order valence-corrected chi connectivity index (χ3v) is 3.88. The lowest BCUT2D eigenvalue weighted by atomic mass is 10.2. The van der Waals surface area contributed by atoms with Gasteiger partial charge >= 0.3 is 6.18 Å². The molecule has 0 fully saturated rings. The maximum absolute atomic E-state index is 12.7. The third-order valence-electron chi connectivity index (χ3n) is 2.88. The zero-order chi connectivity index (χ0) is 16.5. The van der Waals surface area contributed by atoms with E-state index in [4.69, 9.17) is 11.0 Å². The number of hydrogen-bond acceptors (Lipinski definition) is 5. The first-order valence-electron chi connectivity index (χ1n) is 6.13.